The van der Waals surface area contributed by atoms with Crippen LogP contribution < -0.4 is 10.7 Å². The number of benzene rings is 1. The first kappa shape index (κ1) is 12.8. The third kappa shape index (κ3) is 3.04. The van der Waals surface area contributed by atoms with Crippen LogP contribution in [0.25, 0.3) is 10.9 Å². The zero-order chi connectivity index (χ0) is 13.8. The number of anilines is 1. The molecule has 1 fully saturated rings. The molecule has 1 aromatic heterocycles. The SMILES string of the molecule is O=C(Nc1ccc2ccccc2n1)NN1CCOCC1. The summed E-state index contributed by atoms with van der Waals surface area (Å²) in [6.45, 7) is 2.65. The highest BCUT2D eigenvalue weighted by atomic mass is 16.5. The fourth-order valence-electron chi connectivity index (χ4n) is 2.10. The number of amides is 2. The van der Waals surface area contributed by atoms with Crippen molar-refractivity contribution in [3.05, 3.63) is 36.4 Å². The van der Waals surface area contributed by atoms with E-state index in [2.05, 4.69) is 15.7 Å². The second-order valence-electron chi connectivity index (χ2n) is 4.55. The number of hydrogen-bond donors (Lipinski definition) is 2. The van der Waals surface area contributed by atoms with Gasteiger partial charge in [0, 0.05) is 18.5 Å². The molecule has 6 heteroatoms. The molecule has 2 N–H and O–H groups in total. The predicted octanol–water partition coefficient (Wildman–Crippen LogP) is 1.60. The molecule has 0 radical (unpaired) electrons. The maximum Gasteiger partial charge on any atom is 0.334 e. The minimum Gasteiger partial charge on any atom is -0.379 e. The summed E-state index contributed by atoms with van der Waals surface area (Å²) < 4.78 is 5.22. The van der Waals surface area contributed by atoms with E-state index in [1.54, 1.807) is 6.07 Å². The quantitative estimate of drug-likeness (QED) is 0.871. The van der Waals surface area contributed by atoms with E-state index in [1.807, 2.05) is 35.3 Å². The monoisotopic (exact) mass is 272 g/mol. The van der Waals surface area contributed by atoms with Crippen LogP contribution in [0, 0.1) is 0 Å². The van der Waals surface area contributed by atoms with Gasteiger partial charge in [0.15, 0.2) is 0 Å². The van der Waals surface area contributed by atoms with Gasteiger partial charge in [0.05, 0.1) is 18.7 Å². The van der Waals surface area contributed by atoms with Crippen LogP contribution in [0.5, 0.6) is 0 Å². The number of pyridine rings is 1. The third-order valence-corrected chi connectivity index (χ3v) is 3.11. The lowest BCUT2D eigenvalue weighted by Crippen LogP contribution is -2.49. The number of morpholine rings is 1. The van der Waals surface area contributed by atoms with Crippen molar-refractivity contribution in [2.24, 2.45) is 0 Å². The molecule has 1 aromatic carbocycles. The Morgan fingerprint density at radius 2 is 1.95 bits per heavy atom. The highest BCUT2D eigenvalue weighted by Gasteiger charge is 2.13. The van der Waals surface area contributed by atoms with Crippen LogP contribution in [0.15, 0.2) is 36.4 Å². The zero-order valence-corrected chi connectivity index (χ0v) is 11.0. The van der Waals surface area contributed by atoms with Gasteiger partial charge in [-0.25, -0.2) is 14.8 Å². The Hall–Kier alpha value is -2.18. The van der Waals surface area contributed by atoms with E-state index in [0.717, 1.165) is 10.9 Å². The summed E-state index contributed by atoms with van der Waals surface area (Å²) in [5, 5.41) is 5.62. The Kier molecular flexibility index (Phi) is 3.76. The fraction of sp³-hybridized carbons (Fsp3) is 0.286. The smallest absolute Gasteiger partial charge is 0.334 e. The minimum atomic E-state index is -0.283. The number of para-hydroxylation sites is 1. The van der Waals surface area contributed by atoms with Crippen molar-refractivity contribution in [2.75, 3.05) is 31.6 Å². The van der Waals surface area contributed by atoms with Gasteiger partial charge in [-0.15, -0.1) is 0 Å². The molecule has 20 heavy (non-hydrogen) atoms. The van der Waals surface area contributed by atoms with Gasteiger partial charge in [-0.3, -0.25) is 10.7 Å². The predicted molar refractivity (Wildman–Crippen MR) is 76.3 cm³/mol. The lowest BCUT2D eigenvalue weighted by Gasteiger charge is -2.26. The van der Waals surface area contributed by atoms with Gasteiger partial charge in [0.25, 0.3) is 0 Å². The van der Waals surface area contributed by atoms with Crippen molar-refractivity contribution in [3.63, 3.8) is 0 Å². The minimum absolute atomic E-state index is 0.283. The van der Waals surface area contributed by atoms with Crippen molar-refractivity contribution in [3.8, 4) is 0 Å². The Morgan fingerprint density at radius 1 is 1.15 bits per heavy atom. The van der Waals surface area contributed by atoms with Crippen LogP contribution in [0.4, 0.5) is 10.6 Å². The second kappa shape index (κ2) is 5.85. The van der Waals surface area contributed by atoms with Crippen molar-refractivity contribution in [1.29, 1.82) is 0 Å². The molecule has 1 aliphatic rings. The number of nitrogens with zero attached hydrogens (tertiary/aromatic N) is 2. The highest BCUT2D eigenvalue weighted by Crippen LogP contribution is 2.14. The van der Waals surface area contributed by atoms with Crippen molar-refractivity contribution >= 4 is 22.8 Å². The number of urea groups is 1. The Bertz CT molecular complexity index is 611. The van der Waals surface area contributed by atoms with E-state index in [0.29, 0.717) is 32.1 Å². The van der Waals surface area contributed by atoms with Crippen LogP contribution in [0.1, 0.15) is 0 Å². The van der Waals surface area contributed by atoms with Crippen molar-refractivity contribution in [1.82, 2.24) is 15.4 Å². The average Bonchev–Trinajstić information content (AvgIpc) is 2.48. The first-order valence-electron chi connectivity index (χ1n) is 6.57. The molecule has 0 aliphatic carbocycles. The molecule has 3 rings (SSSR count). The average molecular weight is 272 g/mol. The molecule has 6 nitrogen and oxygen atoms in total. The number of aromatic nitrogens is 1. The molecule has 1 saturated heterocycles. The summed E-state index contributed by atoms with van der Waals surface area (Å²) in [5.41, 5.74) is 3.64. The molecule has 2 aromatic rings. The van der Waals surface area contributed by atoms with E-state index in [-0.39, 0.29) is 6.03 Å². The molecule has 0 spiro atoms. The van der Waals surface area contributed by atoms with Gasteiger partial charge < -0.3 is 4.74 Å². The summed E-state index contributed by atoms with van der Waals surface area (Å²) in [6, 6.07) is 11.2. The zero-order valence-electron chi connectivity index (χ0n) is 11.0. The Labute approximate surface area is 116 Å². The van der Waals surface area contributed by atoms with Crippen LogP contribution in [0.2, 0.25) is 0 Å². The van der Waals surface area contributed by atoms with Crippen LogP contribution in [0.3, 0.4) is 0 Å². The van der Waals surface area contributed by atoms with Crippen molar-refractivity contribution < 1.29 is 9.53 Å². The molecular formula is C14H16N4O2. The summed E-state index contributed by atoms with van der Waals surface area (Å²) in [4.78, 5) is 16.3. The van der Waals surface area contributed by atoms with Crippen LogP contribution in [-0.2, 0) is 4.74 Å². The maximum atomic E-state index is 11.9. The van der Waals surface area contributed by atoms with Gasteiger partial charge in [-0.05, 0) is 18.2 Å². The first-order valence-corrected chi connectivity index (χ1v) is 6.57. The van der Waals surface area contributed by atoms with Gasteiger partial charge >= 0.3 is 6.03 Å². The lowest BCUT2D eigenvalue weighted by molar-refractivity contribution is 0.0207. The molecule has 2 amide bonds. The van der Waals surface area contributed by atoms with E-state index in [1.165, 1.54) is 0 Å². The Balaban J connectivity index is 1.64. The number of fused-ring (bicyclic) bond motifs is 1. The third-order valence-electron chi connectivity index (χ3n) is 3.11. The van der Waals surface area contributed by atoms with Gasteiger partial charge in [0.2, 0.25) is 0 Å². The Morgan fingerprint density at radius 3 is 2.80 bits per heavy atom. The van der Waals surface area contributed by atoms with Gasteiger partial charge in [0.1, 0.15) is 5.82 Å². The molecule has 1 aliphatic heterocycles. The normalized spacial score (nSPS) is 16.0. The summed E-state index contributed by atoms with van der Waals surface area (Å²) in [6.07, 6.45) is 0. The summed E-state index contributed by atoms with van der Waals surface area (Å²) >= 11 is 0. The molecule has 2 heterocycles. The van der Waals surface area contributed by atoms with E-state index in [4.69, 9.17) is 4.74 Å². The topological polar surface area (TPSA) is 66.5 Å². The van der Waals surface area contributed by atoms with Gasteiger partial charge in [-0.1, -0.05) is 18.2 Å². The molecule has 0 bridgehead atoms. The van der Waals surface area contributed by atoms with E-state index in [9.17, 15) is 4.79 Å². The lowest BCUT2D eigenvalue weighted by atomic mass is 10.2. The molecule has 0 saturated carbocycles. The number of carbonyl (C=O) groups is 1. The molecular weight excluding hydrogens is 256 g/mol. The maximum absolute atomic E-state index is 11.9. The summed E-state index contributed by atoms with van der Waals surface area (Å²) in [5.74, 6) is 0.537. The van der Waals surface area contributed by atoms with E-state index >= 15 is 0 Å². The van der Waals surface area contributed by atoms with Crippen molar-refractivity contribution in [2.45, 2.75) is 0 Å². The number of ether oxygens (including phenoxy) is 1. The van der Waals surface area contributed by atoms with Crippen LogP contribution in [-0.4, -0.2) is 42.3 Å². The number of hydrogen-bond acceptors (Lipinski definition) is 4. The number of hydrazine groups is 1. The molecule has 0 atom stereocenters. The standard InChI is InChI=1S/C14H16N4O2/c19-14(17-18-7-9-20-10-8-18)16-13-6-5-11-3-1-2-4-12(11)15-13/h1-6H,7-10H2,(H2,15,16,17,19). The summed E-state index contributed by atoms with van der Waals surface area (Å²) in [7, 11) is 0. The number of carbonyl (C=O) groups excluding carboxylic acids is 1. The second-order valence-corrected chi connectivity index (χ2v) is 4.55. The first-order chi connectivity index (χ1) is 9.81. The molecule has 104 valence electrons. The van der Waals surface area contributed by atoms with Gasteiger partial charge in [-0.2, -0.15) is 0 Å². The fourth-order valence-corrected chi connectivity index (χ4v) is 2.10. The largest absolute Gasteiger partial charge is 0.379 e. The van der Waals surface area contributed by atoms with Crippen LogP contribution >= 0.6 is 0 Å². The number of nitrogens with one attached hydrogen (secondary N) is 2. The van der Waals surface area contributed by atoms with E-state index < -0.39 is 0 Å². The number of rotatable bonds is 2. The molecule has 0 unspecified atom stereocenters. The highest BCUT2D eigenvalue weighted by molar-refractivity contribution is 5.89.